The smallest absolute Gasteiger partial charge is 0.189 e. The van der Waals surface area contributed by atoms with Gasteiger partial charge in [-0.1, -0.05) is 42.1 Å². The van der Waals surface area contributed by atoms with E-state index in [1.165, 1.54) is 11.8 Å². The third kappa shape index (κ3) is 2.55. The van der Waals surface area contributed by atoms with Crippen molar-refractivity contribution in [3.63, 3.8) is 0 Å². The van der Waals surface area contributed by atoms with Crippen LogP contribution in [0, 0.1) is 0 Å². The second kappa shape index (κ2) is 6.05. The van der Waals surface area contributed by atoms with Gasteiger partial charge in [0.05, 0.1) is 25.1 Å². The molecule has 2 aliphatic heterocycles. The minimum absolute atomic E-state index is 0.157. The predicted molar refractivity (Wildman–Crippen MR) is 97.3 cm³/mol. The molecule has 6 heteroatoms. The number of rotatable bonds is 3. The Hall–Kier alpha value is -2.73. The first-order valence-electron chi connectivity index (χ1n) is 7.48. The maximum Gasteiger partial charge on any atom is 0.189 e. The Labute approximate surface area is 144 Å². The molecule has 0 radical (unpaired) electrons. The lowest BCUT2D eigenvalue weighted by molar-refractivity contribution is 0.407. The van der Waals surface area contributed by atoms with E-state index in [0.29, 0.717) is 17.9 Å². The van der Waals surface area contributed by atoms with E-state index in [0.717, 1.165) is 22.1 Å². The Balaban J connectivity index is 1.70. The lowest BCUT2D eigenvalue weighted by atomic mass is 10.1. The lowest BCUT2D eigenvalue weighted by Crippen LogP contribution is -2.26. The minimum atomic E-state index is 0.157. The van der Waals surface area contributed by atoms with Crippen LogP contribution in [0.4, 0.5) is 0 Å². The molecule has 0 aromatic heterocycles. The van der Waals surface area contributed by atoms with Crippen LogP contribution >= 0.6 is 11.8 Å². The molecule has 0 bridgehead atoms. The van der Waals surface area contributed by atoms with Gasteiger partial charge < -0.3 is 9.84 Å². The van der Waals surface area contributed by atoms with Gasteiger partial charge >= 0.3 is 0 Å². The van der Waals surface area contributed by atoms with Crippen molar-refractivity contribution < 1.29 is 9.84 Å². The molecule has 0 spiro atoms. The van der Waals surface area contributed by atoms with Gasteiger partial charge in [0.25, 0.3) is 0 Å². The lowest BCUT2D eigenvalue weighted by Gasteiger charge is -2.22. The standard InChI is InChI=1S/C18H15N3O2S/c1-23-13-7-8-14(17(22)9-13)16-11-24-18-19-10-15(20-21(16)18)12-5-3-2-4-6-12/h2-9,11,22H,10H2,1H3. The fourth-order valence-corrected chi connectivity index (χ4v) is 3.44. The van der Waals surface area contributed by atoms with Gasteiger partial charge in [0.15, 0.2) is 5.17 Å². The number of hydrazone groups is 1. The minimum Gasteiger partial charge on any atom is -0.507 e. The number of hydrogen-bond acceptors (Lipinski definition) is 6. The Morgan fingerprint density at radius 2 is 2.00 bits per heavy atom. The maximum absolute atomic E-state index is 10.3. The molecule has 0 saturated carbocycles. The molecule has 0 amide bonds. The van der Waals surface area contributed by atoms with Gasteiger partial charge in [0, 0.05) is 17.0 Å². The second-order valence-electron chi connectivity index (χ2n) is 5.33. The summed E-state index contributed by atoms with van der Waals surface area (Å²) in [5, 5.41) is 19.6. The molecule has 2 aliphatic rings. The first kappa shape index (κ1) is 14.8. The second-order valence-corrected chi connectivity index (χ2v) is 6.16. The van der Waals surface area contributed by atoms with Gasteiger partial charge in [0.1, 0.15) is 11.5 Å². The molecule has 0 saturated heterocycles. The van der Waals surface area contributed by atoms with Crippen LogP contribution in [0.2, 0.25) is 0 Å². The van der Waals surface area contributed by atoms with E-state index >= 15 is 0 Å². The van der Waals surface area contributed by atoms with E-state index in [2.05, 4.69) is 4.99 Å². The normalized spacial score (nSPS) is 16.2. The summed E-state index contributed by atoms with van der Waals surface area (Å²) in [4.78, 5) is 4.60. The topological polar surface area (TPSA) is 57.4 Å². The molecule has 2 aromatic rings. The van der Waals surface area contributed by atoms with Crippen molar-refractivity contribution in [3.8, 4) is 11.5 Å². The first-order valence-corrected chi connectivity index (χ1v) is 8.36. The van der Waals surface area contributed by atoms with Gasteiger partial charge in [-0.3, -0.25) is 4.99 Å². The van der Waals surface area contributed by atoms with E-state index < -0.39 is 0 Å². The monoisotopic (exact) mass is 337 g/mol. The molecular formula is C18H15N3O2S. The summed E-state index contributed by atoms with van der Waals surface area (Å²) in [5.41, 5.74) is 3.47. The highest BCUT2D eigenvalue weighted by molar-refractivity contribution is 8.16. The van der Waals surface area contributed by atoms with E-state index in [-0.39, 0.29) is 5.75 Å². The van der Waals surface area contributed by atoms with Crippen molar-refractivity contribution in [2.45, 2.75) is 0 Å². The van der Waals surface area contributed by atoms with E-state index in [9.17, 15) is 5.11 Å². The van der Waals surface area contributed by atoms with Gasteiger partial charge in [-0.25, -0.2) is 5.01 Å². The number of thioether (sulfide) groups is 1. The van der Waals surface area contributed by atoms with Crippen molar-refractivity contribution >= 4 is 28.3 Å². The number of fused-ring (bicyclic) bond motifs is 1. The Morgan fingerprint density at radius 1 is 1.17 bits per heavy atom. The highest BCUT2D eigenvalue weighted by Gasteiger charge is 2.29. The summed E-state index contributed by atoms with van der Waals surface area (Å²) in [5.74, 6) is 0.771. The predicted octanol–water partition coefficient (Wildman–Crippen LogP) is 3.52. The van der Waals surface area contributed by atoms with Crippen molar-refractivity contribution in [2.75, 3.05) is 13.7 Å². The Kier molecular flexibility index (Phi) is 3.74. The molecule has 1 N–H and O–H groups in total. The van der Waals surface area contributed by atoms with Crippen LogP contribution in [0.25, 0.3) is 5.70 Å². The summed E-state index contributed by atoms with van der Waals surface area (Å²) in [7, 11) is 1.57. The maximum atomic E-state index is 10.3. The fraction of sp³-hybridized carbons (Fsp3) is 0.111. The molecule has 2 heterocycles. The third-order valence-corrected chi connectivity index (χ3v) is 4.71. The van der Waals surface area contributed by atoms with E-state index in [1.807, 2.05) is 47.9 Å². The summed E-state index contributed by atoms with van der Waals surface area (Å²) in [6.07, 6.45) is 0. The quantitative estimate of drug-likeness (QED) is 0.931. The van der Waals surface area contributed by atoms with Crippen LogP contribution in [0.15, 0.2) is 64.0 Å². The number of aliphatic imine (C=N–C) groups is 1. The number of benzene rings is 2. The van der Waals surface area contributed by atoms with Crippen molar-refractivity contribution in [2.24, 2.45) is 10.1 Å². The SMILES string of the molecule is COc1ccc(C2=CSC3=NCC(c4ccccc4)=NN23)c(O)c1. The van der Waals surface area contributed by atoms with E-state index in [4.69, 9.17) is 9.84 Å². The Morgan fingerprint density at radius 3 is 2.75 bits per heavy atom. The van der Waals surface area contributed by atoms with Crippen LogP contribution in [0.3, 0.4) is 0 Å². The van der Waals surface area contributed by atoms with Gasteiger partial charge in [-0.15, -0.1) is 0 Å². The van der Waals surface area contributed by atoms with Crippen LogP contribution in [0.1, 0.15) is 11.1 Å². The zero-order valence-electron chi connectivity index (χ0n) is 13.0. The molecule has 5 nitrogen and oxygen atoms in total. The molecule has 2 aromatic carbocycles. The van der Waals surface area contributed by atoms with Gasteiger partial charge in [-0.05, 0) is 17.7 Å². The molecule has 0 aliphatic carbocycles. The third-order valence-electron chi connectivity index (χ3n) is 3.86. The fourth-order valence-electron chi connectivity index (χ4n) is 2.62. The van der Waals surface area contributed by atoms with Crippen molar-refractivity contribution in [1.29, 1.82) is 0 Å². The summed E-state index contributed by atoms with van der Waals surface area (Å²) < 4.78 is 5.14. The highest BCUT2D eigenvalue weighted by atomic mass is 32.2. The van der Waals surface area contributed by atoms with Crippen LogP contribution in [0.5, 0.6) is 11.5 Å². The molecule has 0 fully saturated rings. The molecule has 0 atom stereocenters. The summed E-state index contributed by atoms with van der Waals surface area (Å²) in [6, 6.07) is 15.3. The number of amidine groups is 1. The number of aromatic hydroxyl groups is 1. The number of phenolic OH excluding ortho intramolecular Hbond substituents is 1. The molecule has 4 rings (SSSR count). The van der Waals surface area contributed by atoms with Crippen LogP contribution in [-0.4, -0.2) is 34.6 Å². The zero-order valence-corrected chi connectivity index (χ0v) is 13.8. The number of hydrogen-bond donors (Lipinski definition) is 1. The van der Waals surface area contributed by atoms with Gasteiger partial charge in [-0.2, -0.15) is 5.10 Å². The summed E-state index contributed by atoms with van der Waals surface area (Å²) in [6.45, 7) is 0.554. The number of ether oxygens (including phenoxy) is 1. The first-order chi connectivity index (χ1) is 11.8. The largest absolute Gasteiger partial charge is 0.507 e. The zero-order chi connectivity index (χ0) is 16.5. The number of phenols is 1. The van der Waals surface area contributed by atoms with Gasteiger partial charge in [0.2, 0.25) is 0 Å². The summed E-state index contributed by atoms with van der Waals surface area (Å²) >= 11 is 1.51. The Bertz CT molecular complexity index is 875. The van der Waals surface area contributed by atoms with Crippen molar-refractivity contribution in [3.05, 3.63) is 65.1 Å². The average molecular weight is 337 g/mol. The molecule has 0 unspecified atom stereocenters. The molecule has 120 valence electrons. The number of nitrogens with zero attached hydrogens (tertiary/aromatic N) is 3. The number of methoxy groups -OCH3 is 1. The highest BCUT2D eigenvalue weighted by Crippen LogP contribution is 2.39. The molecule has 24 heavy (non-hydrogen) atoms. The average Bonchev–Trinajstić information content (AvgIpc) is 3.05. The van der Waals surface area contributed by atoms with Crippen LogP contribution < -0.4 is 4.74 Å². The van der Waals surface area contributed by atoms with E-state index in [1.54, 1.807) is 18.2 Å². The van der Waals surface area contributed by atoms with Crippen molar-refractivity contribution in [1.82, 2.24) is 5.01 Å². The molecular weight excluding hydrogens is 322 g/mol. The van der Waals surface area contributed by atoms with Crippen LogP contribution in [-0.2, 0) is 0 Å².